The van der Waals surface area contributed by atoms with Gasteiger partial charge in [0.25, 0.3) is 0 Å². The molecule has 0 spiro atoms. The Morgan fingerprint density at radius 1 is 1.27 bits per heavy atom. The second-order valence-electron chi connectivity index (χ2n) is 5.55. The third-order valence-electron chi connectivity index (χ3n) is 3.99. The molecule has 0 radical (unpaired) electrons. The molecular weight excluding hydrogens is 209 g/mol. The number of hydrogen-bond acceptors (Lipinski definition) is 0. The van der Waals surface area contributed by atoms with Crippen LogP contribution in [0.2, 0.25) is 40.3 Å². The van der Waals surface area contributed by atoms with Gasteiger partial charge in [-0.05, 0) is 0 Å². The van der Waals surface area contributed by atoms with Crippen LogP contribution in [-0.2, 0) is 0 Å². The van der Waals surface area contributed by atoms with Gasteiger partial charge in [0.1, 0.15) is 0 Å². The Kier molecular flexibility index (Phi) is 2.61. The van der Waals surface area contributed by atoms with Crippen molar-refractivity contribution in [2.45, 2.75) is 53.6 Å². The predicted octanol–water partition coefficient (Wildman–Crippen LogP) is 3.74. The average molecular weight is 231 g/mol. The zero-order chi connectivity index (χ0) is 8.70. The molecule has 11 heavy (non-hydrogen) atoms. The Morgan fingerprint density at radius 2 is 1.82 bits per heavy atom. The fraction of sp³-hybridized carbons (Fsp3) is 1.00. The van der Waals surface area contributed by atoms with E-state index in [0.717, 1.165) is 0 Å². The first-order chi connectivity index (χ1) is 4.86. The van der Waals surface area contributed by atoms with Gasteiger partial charge in [-0.15, -0.1) is 0 Å². The molecule has 1 aliphatic heterocycles. The Labute approximate surface area is 75.1 Å². The van der Waals surface area contributed by atoms with Crippen molar-refractivity contribution in [2.24, 2.45) is 0 Å². The van der Waals surface area contributed by atoms with Crippen LogP contribution in [0.5, 0.6) is 0 Å². The van der Waals surface area contributed by atoms with Gasteiger partial charge < -0.3 is 0 Å². The van der Waals surface area contributed by atoms with E-state index in [2.05, 4.69) is 31.5 Å². The van der Waals surface area contributed by atoms with E-state index < -0.39 is 21.3 Å². The zero-order valence-corrected chi connectivity index (χ0v) is 11.8. The normalized spacial score (nSPS) is 35.2. The van der Waals surface area contributed by atoms with E-state index in [1.54, 1.807) is 17.7 Å². The Hall–Kier alpha value is 0.760. The second kappa shape index (κ2) is 2.91. The van der Waals surface area contributed by atoms with Crippen molar-refractivity contribution in [3.63, 3.8) is 0 Å². The van der Waals surface area contributed by atoms with Crippen LogP contribution in [-0.4, -0.2) is 21.3 Å². The quantitative estimate of drug-likeness (QED) is 0.557. The van der Waals surface area contributed by atoms with E-state index in [-0.39, 0.29) is 0 Å². The van der Waals surface area contributed by atoms with E-state index in [1.807, 2.05) is 0 Å². The molecule has 0 aromatic rings. The third kappa shape index (κ3) is 1.92. The molecule has 1 heterocycles. The summed E-state index contributed by atoms with van der Waals surface area (Å²) in [5.74, 6) is 5.27. The van der Waals surface area contributed by atoms with Crippen LogP contribution in [0, 0.1) is 0 Å². The summed E-state index contributed by atoms with van der Waals surface area (Å²) < 4.78 is 1.19. The molecule has 0 saturated carbocycles. The van der Waals surface area contributed by atoms with Gasteiger partial charge in [-0.2, -0.15) is 0 Å². The van der Waals surface area contributed by atoms with Gasteiger partial charge in [-0.3, -0.25) is 0 Å². The summed E-state index contributed by atoms with van der Waals surface area (Å²) >= 11 is -1.26. The van der Waals surface area contributed by atoms with Crippen molar-refractivity contribution in [2.75, 3.05) is 0 Å². The topological polar surface area (TPSA) is 0 Å². The number of rotatable bonds is 0. The molecule has 66 valence electrons. The standard InChI is InChI=1S/C9H22GeSi/c1-9-10(2,3)7-6-8-11(9,4)5/h9H,6-8H2,1-5H3/t9-/m0/s1. The molecule has 2 heteroatoms. The SMILES string of the molecule is C[C@@H]1[Si](C)(C)CC[CH2][Ge]1([CH3])[CH3]. The maximum absolute atomic E-state index is 2.64. The molecule has 0 aromatic carbocycles. The van der Waals surface area contributed by atoms with Crippen LogP contribution in [0.1, 0.15) is 13.3 Å². The maximum atomic E-state index is 2.64. The molecule has 0 aromatic heterocycles. The van der Waals surface area contributed by atoms with Gasteiger partial charge in [-0.1, -0.05) is 0 Å². The molecule has 1 aliphatic rings. The molecule has 0 aliphatic carbocycles. The summed E-state index contributed by atoms with van der Waals surface area (Å²) in [7, 11) is -0.746. The van der Waals surface area contributed by atoms with E-state index in [0.29, 0.717) is 0 Å². The molecule has 0 nitrogen and oxygen atoms in total. The van der Waals surface area contributed by atoms with Crippen molar-refractivity contribution >= 4 is 21.3 Å². The van der Waals surface area contributed by atoms with Crippen molar-refractivity contribution in [3.05, 3.63) is 0 Å². The van der Waals surface area contributed by atoms with Gasteiger partial charge in [0, 0.05) is 0 Å². The molecule has 1 saturated heterocycles. The fourth-order valence-corrected chi connectivity index (χ4v) is 25.0. The van der Waals surface area contributed by atoms with Crippen molar-refractivity contribution in [3.8, 4) is 0 Å². The first-order valence-electron chi connectivity index (χ1n) is 4.86. The minimum absolute atomic E-state index is 0.746. The Balaban J connectivity index is 2.76. The molecule has 1 rings (SSSR count). The van der Waals surface area contributed by atoms with Crippen LogP contribution in [0.25, 0.3) is 0 Å². The third-order valence-corrected chi connectivity index (χ3v) is 25.3. The van der Waals surface area contributed by atoms with E-state index in [1.165, 1.54) is 4.37 Å². The second-order valence-corrected chi connectivity index (χ2v) is 23.3. The summed E-state index contributed by atoms with van der Waals surface area (Å²) in [6.45, 7) is 7.76. The van der Waals surface area contributed by atoms with Crippen molar-refractivity contribution in [1.29, 1.82) is 0 Å². The van der Waals surface area contributed by atoms with Gasteiger partial charge in [0.15, 0.2) is 0 Å². The van der Waals surface area contributed by atoms with Gasteiger partial charge in [0.05, 0.1) is 0 Å². The summed E-state index contributed by atoms with van der Waals surface area (Å²) in [6.07, 6.45) is 1.57. The summed E-state index contributed by atoms with van der Waals surface area (Å²) in [5.41, 5.74) is 0. The summed E-state index contributed by atoms with van der Waals surface area (Å²) in [6, 6.07) is 1.60. The van der Waals surface area contributed by atoms with Gasteiger partial charge >= 0.3 is 75.0 Å². The predicted molar refractivity (Wildman–Crippen MR) is 58.6 cm³/mol. The summed E-state index contributed by atoms with van der Waals surface area (Å²) in [4.78, 5) is 0. The monoisotopic (exact) mass is 232 g/mol. The molecule has 1 atom stereocenters. The average Bonchev–Trinajstić information content (AvgIpc) is 1.82. The van der Waals surface area contributed by atoms with Crippen LogP contribution in [0.4, 0.5) is 0 Å². The first kappa shape index (κ1) is 9.84. The molecule has 0 bridgehead atoms. The molecule has 0 amide bonds. The molecular formula is C9H22GeSi. The molecule has 0 N–H and O–H groups in total. The number of hydrogen-bond donors (Lipinski definition) is 0. The molecule has 0 unspecified atom stereocenters. The van der Waals surface area contributed by atoms with Crippen molar-refractivity contribution in [1.82, 2.24) is 0 Å². The minimum atomic E-state index is -1.26. The van der Waals surface area contributed by atoms with Crippen LogP contribution in [0.15, 0.2) is 0 Å². The van der Waals surface area contributed by atoms with E-state index in [9.17, 15) is 0 Å². The van der Waals surface area contributed by atoms with Gasteiger partial charge in [-0.25, -0.2) is 0 Å². The van der Waals surface area contributed by atoms with Crippen LogP contribution in [0.3, 0.4) is 0 Å². The summed E-state index contributed by atoms with van der Waals surface area (Å²) in [5, 5.41) is 1.64. The van der Waals surface area contributed by atoms with Crippen LogP contribution >= 0.6 is 0 Å². The van der Waals surface area contributed by atoms with Crippen molar-refractivity contribution < 1.29 is 0 Å². The van der Waals surface area contributed by atoms with Crippen LogP contribution < -0.4 is 0 Å². The molecule has 1 fully saturated rings. The van der Waals surface area contributed by atoms with E-state index >= 15 is 0 Å². The Morgan fingerprint density at radius 3 is 2.18 bits per heavy atom. The Bertz CT molecular complexity index is 136. The first-order valence-corrected chi connectivity index (χ1v) is 15.0. The van der Waals surface area contributed by atoms with Gasteiger partial charge in [0.2, 0.25) is 0 Å². The van der Waals surface area contributed by atoms with E-state index in [4.69, 9.17) is 0 Å². The zero-order valence-electron chi connectivity index (χ0n) is 8.70. The fourth-order valence-electron chi connectivity index (χ4n) is 2.49.